The first-order valence-electron chi connectivity index (χ1n) is 40.2. The molecule has 19 heteroatoms. The Bertz CT molecular complexity index is 1900. The molecular formula is C78H152O17P2. The predicted octanol–water partition coefficient (Wildman–Crippen LogP) is 22.8. The van der Waals surface area contributed by atoms with Crippen molar-refractivity contribution in [2.75, 3.05) is 39.6 Å². The molecule has 17 nitrogen and oxygen atoms in total. The fraction of sp³-hybridized carbons (Fsp3) is 0.949. The first kappa shape index (κ1) is 95.1. The molecule has 3 N–H and O–H groups in total. The molecular weight excluding hydrogens is 1270 g/mol. The molecule has 0 saturated carbocycles. The number of esters is 4. The molecule has 0 spiro atoms. The topological polar surface area (TPSA) is 237 Å². The number of carbonyl (C=O) groups excluding carboxylic acids is 4. The standard InChI is InChI=1S/C78H152O17P2/c1-9-71(8)57-49-41-31-27-23-19-14-12-10-11-13-15-20-24-28-32-44-52-60-77(82)94-73(64-88-75(80)58-50-42-36-34-39-47-55-69(4)5)66-92-96(84,85)90-62-72(79)63-91-97(86,87)93-67-74(65-89-76(81)59-51-43-37-35-40-48-56-70(6)7)95-78(83)61-53-45-33-29-25-21-17-16-18-22-26-30-38-46-54-68(2)3/h68-74,79H,9-67H2,1-8H3,(H,84,85)(H,86,87)/t71?,72-,73+,74+/m0/s1. The minimum Gasteiger partial charge on any atom is -0.462 e. The quantitative estimate of drug-likeness (QED) is 0.0222. The molecule has 0 rings (SSSR count). The first-order chi connectivity index (χ1) is 46.6. The van der Waals surface area contributed by atoms with Gasteiger partial charge < -0.3 is 33.8 Å². The van der Waals surface area contributed by atoms with E-state index in [-0.39, 0.29) is 25.7 Å². The number of aliphatic hydroxyl groups excluding tert-OH is 1. The molecule has 3 unspecified atom stereocenters. The Kier molecular flexibility index (Phi) is 65.9. The molecule has 0 aliphatic rings. The van der Waals surface area contributed by atoms with E-state index in [0.29, 0.717) is 37.5 Å². The van der Waals surface area contributed by atoms with Crippen molar-refractivity contribution in [2.45, 2.75) is 414 Å². The van der Waals surface area contributed by atoms with Crippen LogP contribution in [-0.4, -0.2) is 96.7 Å². The number of aliphatic hydroxyl groups is 1. The smallest absolute Gasteiger partial charge is 0.462 e. The Balaban J connectivity index is 5.13. The number of unbranched alkanes of at least 4 members (excludes halogenated alkanes) is 40. The van der Waals surface area contributed by atoms with Gasteiger partial charge in [-0.15, -0.1) is 0 Å². The maximum Gasteiger partial charge on any atom is 0.472 e. The monoisotopic (exact) mass is 1420 g/mol. The van der Waals surface area contributed by atoms with Crippen LogP contribution in [0.3, 0.4) is 0 Å². The molecule has 6 atom stereocenters. The summed E-state index contributed by atoms with van der Waals surface area (Å²) >= 11 is 0. The zero-order valence-corrected chi connectivity index (χ0v) is 65.5. The van der Waals surface area contributed by atoms with E-state index in [1.165, 1.54) is 186 Å². The molecule has 0 heterocycles. The van der Waals surface area contributed by atoms with Gasteiger partial charge in [-0.3, -0.25) is 37.3 Å². The van der Waals surface area contributed by atoms with Crippen LogP contribution in [0.5, 0.6) is 0 Å². The normalized spacial score (nSPS) is 14.4. The van der Waals surface area contributed by atoms with Crippen molar-refractivity contribution < 1.29 is 80.2 Å². The van der Waals surface area contributed by atoms with Crippen LogP contribution < -0.4 is 0 Å². The molecule has 0 aromatic heterocycles. The number of carbonyl (C=O) groups is 4. The molecule has 97 heavy (non-hydrogen) atoms. The first-order valence-corrected chi connectivity index (χ1v) is 43.2. The minimum absolute atomic E-state index is 0.106. The Hall–Kier alpha value is -1.94. The van der Waals surface area contributed by atoms with Gasteiger partial charge in [0.2, 0.25) is 0 Å². The van der Waals surface area contributed by atoms with Gasteiger partial charge in [-0.1, -0.05) is 344 Å². The van der Waals surface area contributed by atoms with Gasteiger partial charge in [-0.25, -0.2) is 9.13 Å². The van der Waals surface area contributed by atoms with Crippen LogP contribution in [-0.2, 0) is 65.4 Å². The Labute approximate surface area is 594 Å². The van der Waals surface area contributed by atoms with Gasteiger partial charge in [0.25, 0.3) is 0 Å². The summed E-state index contributed by atoms with van der Waals surface area (Å²) < 4.78 is 68.5. The summed E-state index contributed by atoms with van der Waals surface area (Å²) in [5.74, 6) is 0.901. The molecule has 0 fully saturated rings. The number of hydrogen-bond donors (Lipinski definition) is 3. The lowest BCUT2D eigenvalue weighted by molar-refractivity contribution is -0.161. The second-order valence-electron chi connectivity index (χ2n) is 29.8. The molecule has 576 valence electrons. The summed E-state index contributed by atoms with van der Waals surface area (Å²) in [5.41, 5.74) is 0. The second-order valence-corrected chi connectivity index (χ2v) is 32.7. The average molecular weight is 1420 g/mol. The van der Waals surface area contributed by atoms with Gasteiger partial charge in [0.15, 0.2) is 12.2 Å². The maximum atomic E-state index is 13.1. The molecule has 0 saturated heterocycles. The van der Waals surface area contributed by atoms with Crippen LogP contribution >= 0.6 is 15.6 Å². The number of rotatable bonds is 75. The van der Waals surface area contributed by atoms with Crippen molar-refractivity contribution in [3.63, 3.8) is 0 Å². The van der Waals surface area contributed by atoms with E-state index in [9.17, 15) is 43.2 Å². The van der Waals surface area contributed by atoms with E-state index in [1.54, 1.807) is 0 Å². The zero-order valence-electron chi connectivity index (χ0n) is 63.7. The lowest BCUT2D eigenvalue weighted by Gasteiger charge is -2.21. The number of hydrogen-bond acceptors (Lipinski definition) is 15. The van der Waals surface area contributed by atoms with E-state index >= 15 is 0 Å². The van der Waals surface area contributed by atoms with Crippen molar-refractivity contribution in [3.8, 4) is 0 Å². The predicted molar refractivity (Wildman–Crippen MR) is 395 cm³/mol. The minimum atomic E-state index is -4.96. The number of phosphoric ester groups is 2. The third kappa shape index (κ3) is 70.9. The van der Waals surface area contributed by atoms with Crippen LogP contribution in [0.1, 0.15) is 396 Å². The van der Waals surface area contributed by atoms with Crippen LogP contribution in [0.2, 0.25) is 0 Å². The van der Waals surface area contributed by atoms with Crippen molar-refractivity contribution in [3.05, 3.63) is 0 Å². The van der Waals surface area contributed by atoms with Gasteiger partial charge >= 0.3 is 39.5 Å². The summed E-state index contributed by atoms with van der Waals surface area (Å²) in [5, 5.41) is 10.6. The molecule has 0 aromatic rings. The molecule has 0 radical (unpaired) electrons. The summed E-state index contributed by atoms with van der Waals surface area (Å²) in [6.07, 6.45) is 53.2. The average Bonchev–Trinajstić information content (AvgIpc) is 1.28. The third-order valence-electron chi connectivity index (χ3n) is 18.4. The van der Waals surface area contributed by atoms with Gasteiger partial charge in [0.05, 0.1) is 26.4 Å². The largest absolute Gasteiger partial charge is 0.472 e. The van der Waals surface area contributed by atoms with E-state index in [0.717, 1.165) is 115 Å². The Morgan fingerprint density at radius 3 is 0.732 bits per heavy atom. The highest BCUT2D eigenvalue weighted by Gasteiger charge is 2.30. The lowest BCUT2D eigenvalue weighted by atomic mass is 9.99. The van der Waals surface area contributed by atoms with E-state index < -0.39 is 97.5 Å². The van der Waals surface area contributed by atoms with Crippen LogP contribution in [0.15, 0.2) is 0 Å². The van der Waals surface area contributed by atoms with Gasteiger partial charge in [-0.05, 0) is 49.4 Å². The van der Waals surface area contributed by atoms with Crippen LogP contribution in [0.25, 0.3) is 0 Å². The molecule has 0 aliphatic heterocycles. The summed E-state index contributed by atoms with van der Waals surface area (Å²) in [7, 11) is -9.91. The van der Waals surface area contributed by atoms with Crippen LogP contribution in [0.4, 0.5) is 0 Å². The van der Waals surface area contributed by atoms with E-state index in [1.807, 2.05) is 0 Å². The highest BCUT2D eigenvalue weighted by molar-refractivity contribution is 7.47. The fourth-order valence-corrected chi connectivity index (χ4v) is 13.5. The second kappa shape index (κ2) is 67.2. The van der Waals surface area contributed by atoms with E-state index in [4.69, 9.17) is 37.0 Å². The molecule has 0 aromatic carbocycles. The van der Waals surface area contributed by atoms with Crippen molar-refractivity contribution in [2.24, 2.45) is 23.7 Å². The summed E-state index contributed by atoms with van der Waals surface area (Å²) in [4.78, 5) is 72.7. The third-order valence-corrected chi connectivity index (χ3v) is 20.3. The Morgan fingerprint density at radius 2 is 0.495 bits per heavy atom. The summed E-state index contributed by atoms with van der Waals surface area (Å²) in [6.45, 7) is 14.1. The van der Waals surface area contributed by atoms with Gasteiger partial charge in [-0.2, -0.15) is 0 Å². The van der Waals surface area contributed by atoms with Gasteiger partial charge in [0.1, 0.15) is 19.3 Å². The van der Waals surface area contributed by atoms with Gasteiger partial charge in [0, 0.05) is 25.7 Å². The molecule has 0 aliphatic carbocycles. The van der Waals surface area contributed by atoms with E-state index in [2.05, 4.69) is 55.4 Å². The number of ether oxygens (including phenoxy) is 4. The van der Waals surface area contributed by atoms with Crippen molar-refractivity contribution in [1.82, 2.24) is 0 Å². The summed E-state index contributed by atoms with van der Waals surface area (Å²) in [6, 6.07) is 0. The highest BCUT2D eigenvalue weighted by Crippen LogP contribution is 2.45. The molecule has 0 amide bonds. The maximum absolute atomic E-state index is 13.1. The molecule has 0 bridgehead atoms. The van der Waals surface area contributed by atoms with Crippen molar-refractivity contribution in [1.29, 1.82) is 0 Å². The lowest BCUT2D eigenvalue weighted by Crippen LogP contribution is -2.30. The van der Waals surface area contributed by atoms with Crippen LogP contribution in [0, 0.1) is 23.7 Å². The fourth-order valence-electron chi connectivity index (χ4n) is 11.9. The SMILES string of the molecule is CCC(C)CCCCCCCCCCCCCCCCCCCCC(=O)O[C@H](COC(=O)CCCCCCCCC(C)C)COP(=O)(O)OC[C@H](O)COP(=O)(O)OC[C@@H](COC(=O)CCCCCCCCC(C)C)OC(=O)CCCCCCCCCCCCCCCCC(C)C. The highest BCUT2D eigenvalue weighted by atomic mass is 31.2. The Morgan fingerprint density at radius 1 is 0.289 bits per heavy atom. The zero-order chi connectivity index (χ0) is 71.7. The number of phosphoric acid groups is 2. The van der Waals surface area contributed by atoms with Crippen molar-refractivity contribution >= 4 is 39.5 Å².